The third-order valence-electron chi connectivity index (χ3n) is 4.09. The van der Waals surface area contributed by atoms with Gasteiger partial charge >= 0.3 is 11.8 Å². The van der Waals surface area contributed by atoms with E-state index in [0.717, 1.165) is 4.88 Å². The lowest BCUT2D eigenvalue weighted by Crippen LogP contribution is -2.59. The van der Waals surface area contributed by atoms with Crippen LogP contribution in [-0.2, 0) is 5.41 Å². The van der Waals surface area contributed by atoms with Crippen LogP contribution in [0.4, 0.5) is 0 Å². The Bertz CT molecular complexity index is 823. The highest BCUT2D eigenvalue weighted by Gasteiger charge is 2.44. The van der Waals surface area contributed by atoms with Gasteiger partial charge in [0, 0.05) is 24.7 Å². The van der Waals surface area contributed by atoms with E-state index >= 15 is 0 Å². The van der Waals surface area contributed by atoms with Gasteiger partial charge in [0.05, 0.1) is 0 Å². The summed E-state index contributed by atoms with van der Waals surface area (Å²) in [4.78, 5) is 14.9. The molecule has 7 heteroatoms. The van der Waals surface area contributed by atoms with Crippen LogP contribution >= 0.6 is 11.5 Å². The predicted molar refractivity (Wildman–Crippen MR) is 85.1 cm³/mol. The van der Waals surface area contributed by atoms with Crippen molar-refractivity contribution >= 4 is 17.4 Å². The fourth-order valence-electron chi connectivity index (χ4n) is 2.83. The van der Waals surface area contributed by atoms with Crippen LogP contribution in [0.3, 0.4) is 0 Å². The monoisotopic (exact) mass is 326 g/mol. The maximum absolute atomic E-state index is 12.4. The Labute approximate surface area is 136 Å². The van der Waals surface area contributed by atoms with Crippen molar-refractivity contribution < 1.29 is 9.21 Å². The van der Waals surface area contributed by atoms with Gasteiger partial charge in [-0.3, -0.25) is 4.79 Å². The maximum Gasteiger partial charge on any atom is 0.311 e. The zero-order valence-electron chi connectivity index (χ0n) is 12.5. The van der Waals surface area contributed by atoms with Gasteiger partial charge in [-0.05, 0) is 23.2 Å². The van der Waals surface area contributed by atoms with E-state index in [0.29, 0.717) is 19.0 Å². The summed E-state index contributed by atoms with van der Waals surface area (Å²) in [6, 6.07) is 12.0. The van der Waals surface area contributed by atoms with Crippen molar-refractivity contribution in [2.24, 2.45) is 0 Å². The number of likely N-dealkylation sites (tertiary alicyclic amines) is 1. The molecule has 3 aromatic rings. The molecule has 0 unspecified atom stereocenters. The normalized spacial score (nSPS) is 16.1. The molecule has 1 amide bonds. The fraction of sp³-hybridized carbons (Fsp3) is 0.250. The summed E-state index contributed by atoms with van der Waals surface area (Å²) in [6.07, 6.45) is 1.66. The van der Waals surface area contributed by atoms with E-state index in [1.165, 1.54) is 17.1 Å². The molecular formula is C16H14N4O2S. The van der Waals surface area contributed by atoms with E-state index in [4.69, 9.17) is 4.42 Å². The number of hydrogen-bond donors (Lipinski definition) is 0. The lowest BCUT2D eigenvalue weighted by atomic mass is 9.75. The van der Waals surface area contributed by atoms with Crippen LogP contribution < -0.4 is 0 Å². The predicted octanol–water partition coefficient (Wildman–Crippen LogP) is 2.61. The van der Waals surface area contributed by atoms with Crippen LogP contribution in [-0.4, -0.2) is 38.5 Å². The standard InChI is InChI=1S/C16H14N4O2S/c1-16(11-5-3-2-4-6-11)9-20(10-16)15(21)14-19-18-13(22-14)12-7-8-17-23-12/h2-8H,9-10H2,1H3. The van der Waals surface area contributed by atoms with Gasteiger partial charge in [-0.15, -0.1) is 10.2 Å². The summed E-state index contributed by atoms with van der Waals surface area (Å²) in [5, 5.41) is 7.79. The van der Waals surface area contributed by atoms with Gasteiger partial charge in [0.2, 0.25) is 0 Å². The first kappa shape index (κ1) is 14.1. The Hall–Kier alpha value is -2.54. The van der Waals surface area contributed by atoms with Gasteiger partial charge in [-0.1, -0.05) is 37.3 Å². The highest BCUT2D eigenvalue weighted by Crippen LogP contribution is 2.35. The Morgan fingerprint density at radius 3 is 2.70 bits per heavy atom. The third-order valence-corrected chi connectivity index (χ3v) is 4.83. The maximum atomic E-state index is 12.4. The molecule has 0 N–H and O–H groups in total. The molecule has 0 radical (unpaired) electrons. The molecule has 116 valence electrons. The minimum Gasteiger partial charge on any atom is -0.411 e. The summed E-state index contributed by atoms with van der Waals surface area (Å²) in [7, 11) is 0. The molecule has 1 saturated heterocycles. The van der Waals surface area contributed by atoms with Crippen LogP contribution in [0.1, 0.15) is 23.2 Å². The van der Waals surface area contributed by atoms with Gasteiger partial charge < -0.3 is 9.32 Å². The van der Waals surface area contributed by atoms with Crippen LogP contribution in [0.25, 0.3) is 10.8 Å². The van der Waals surface area contributed by atoms with Crippen molar-refractivity contribution in [1.82, 2.24) is 19.5 Å². The first-order valence-corrected chi connectivity index (χ1v) is 8.02. The molecule has 0 aliphatic carbocycles. The van der Waals surface area contributed by atoms with E-state index in [-0.39, 0.29) is 17.2 Å². The Morgan fingerprint density at radius 1 is 1.22 bits per heavy atom. The molecule has 0 saturated carbocycles. The first-order chi connectivity index (χ1) is 11.2. The molecule has 6 nitrogen and oxygen atoms in total. The number of nitrogens with zero attached hydrogens (tertiary/aromatic N) is 4. The number of benzene rings is 1. The quantitative estimate of drug-likeness (QED) is 0.740. The second-order valence-corrected chi connectivity index (χ2v) is 6.71. The van der Waals surface area contributed by atoms with Gasteiger partial charge in [-0.25, -0.2) is 4.37 Å². The lowest BCUT2D eigenvalue weighted by molar-refractivity contribution is 0.0395. The molecule has 0 bridgehead atoms. The zero-order chi connectivity index (χ0) is 15.9. The fourth-order valence-corrected chi connectivity index (χ4v) is 3.35. The van der Waals surface area contributed by atoms with Crippen molar-refractivity contribution in [1.29, 1.82) is 0 Å². The molecule has 1 aliphatic rings. The van der Waals surface area contributed by atoms with E-state index in [1.54, 1.807) is 17.2 Å². The van der Waals surface area contributed by atoms with Gasteiger partial charge in [0.25, 0.3) is 5.89 Å². The van der Waals surface area contributed by atoms with Crippen molar-refractivity contribution in [3.05, 3.63) is 54.0 Å². The molecule has 0 atom stereocenters. The largest absolute Gasteiger partial charge is 0.411 e. The average molecular weight is 326 g/mol. The van der Waals surface area contributed by atoms with Crippen LogP contribution in [0.2, 0.25) is 0 Å². The zero-order valence-corrected chi connectivity index (χ0v) is 13.3. The molecule has 1 aliphatic heterocycles. The van der Waals surface area contributed by atoms with E-state index in [1.807, 2.05) is 18.2 Å². The second kappa shape index (κ2) is 5.27. The number of aromatic nitrogens is 3. The first-order valence-electron chi connectivity index (χ1n) is 7.25. The third kappa shape index (κ3) is 2.43. The van der Waals surface area contributed by atoms with Crippen molar-refractivity contribution in [2.45, 2.75) is 12.3 Å². The van der Waals surface area contributed by atoms with Crippen LogP contribution in [0, 0.1) is 0 Å². The summed E-state index contributed by atoms with van der Waals surface area (Å²) < 4.78 is 9.46. The molecule has 3 heterocycles. The number of carbonyl (C=O) groups is 1. The number of carbonyl (C=O) groups excluding carboxylic acids is 1. The molecule has 23 heavy (non-hydrogen) atoms. The topological polar surface area (TPSA) is 72.1 Å². The van der Waals surface area contributed by atoms with Crippen molar-refractivity contribution in [2.75, 3.05) is 13.1 Å². The molecule has 2 aromatic heterocycles. The van der Waals surface area contributed by atoms with Gasteiger partial charge in [0.1, 0.15) is 4.88 Å². The molecule has 1 fully saturated rings. The Kier molecular flexibility index (Phi) is 3.23. The molecular weight excluding hydrogens is 312 g/mol. The minimum atomic E-state index is -0.221. The van der Waals surface area contributed by atoms with Gasteiger partial charge in [-0.2, -0.15) is 0 Å². The van der Waals surface area contributed by atoms with Crippen molar-refractivity contribution in [3.63, 3.8) is 0 Å². The second-order valence-electron chi connectivity index (χ2n) is 5.88. The summed E-state index contributed by atoms with van der Waals surface area (Å²) >= 11 is 1.26. The summed E-state index contributed by atoms with van der Waals surface area (Å²) in [6.45, 7) is 3.45. The smallest absolute Gasteiger partial charge is 0.311 e. The summed E-state index contributed by atoms with van der Waals surface area (Å²) in [5.41, 5.74) is 1.22. The van der Waals surface area contributed by atoms with Crippen LogP contribution in [0.15, 0.2) is 47.0 Å². The number of hydrogen-bond acceptors (Lipinski definition) is 6. The number of rotatable bonds is 3. The summed E-state index contributed by atoms with van der Waals surface area (Å²) in [5.74, 6) is 0.146. The van der Waals surface area contributed by atoms with Crippen molar-refractivity contribution in [3.8, 4) is 10.8 Å². The highest BCUT2D eigenvalue weighted by molar-refractivity contribution is 7.09. The number of amides is 1. The minimum absolute atomic E-state index is 0.0164. The Balaban J connectivity index is 1.48. The molecule has 1 aromatic carbocycles. The van der Waals surface area contributed by atoms with Gasteiger partial charge in [0.15, 0.2) is 0 Å². The van der Waals surface area contributed by atoms with E-state index in [9.17, 15) is 4.79 Å². The van der Waals surface area contributed by atoms with E-state index in [2.05, 4.69) is 33.6 Å². The average Bonchev–Trinajstić information content (AvgIpc) is 3.22. The van der Waals surface area contributed by atoms with Crippen LogP contribution in [0.5, 0.6) is 0 Å². The van der Waals surface area contributed by atoms with E-state index < -0.39 is 0 Å². The SMILES string of the molecule is CC1(c2ccccc2)CN(C(=O)c2nnc(-c3ccns3)o2)C1. The lowest BCUT2D eigenvalue weighted by Gasteiger charge is -2.47. The highest BCUT2D eigenvalue weighted by atomic mass is 32.1. The Morgan fingerprint density at radius 2 is 2.00 bits per heavy atom. The molecule has 4 rings (SSSR count). The molecule has 0 spiro atoms.